The molecule has 1 aromatic carbocycles. The lowest BCUT2D eigenvalue weighted by molar-refractivity contribution is 0.0694. The van der Waals surface area contributed by atoms with E-state index in [4.69, 9.17) is 10.8 Å². The minimum Gasteiger partial charge on any atom is -0.478 e. The molecule has 16 heavy (non-hydrogen) atoms. The highest BCUT2D eigenvalue weighted by atomic mass is 35.5. The van der Waals surface area contributed by atoms with E-state index in [0.29, 0.717) is 11.1 Å². The molecule has 0 spiro atoms. The first-order valence-electron chi connectivity index (χ1n) is 4.92. The van der Waals surface area contributed by atoms with Gasteiger partial charge in [0.25, 0.3) is 0 Å². The van der Waals surface area contributed by atoms with E-state index in [9.17, 15) is 4.79 Å². The Hall–Kier alpha value is -1.06. The molecule has 0 fully saturated rings. The van der Waals surface area contributed by atoms with Crippen LogP contribution in [-0.4, -0.2) is 11.1 Å². The van der Waals surface area contributed by atoms with Gasteiger partial charge in [0.05, 0.1) is 5.56 Å². The van der Waals surface area contributed by atoms with Gasteiger partial charge in [-0.1, -0.05) is 39.0 Å². The summed E-state index contributed by atoms with van der Waals surface area (Å²) in [5, 5.41) is 9.02. The Bertz CT molecular complexity index is 372. The molecule has 0 unspecified atom stereocenters. The maximum atomic E-state index is 11.0. The minimum absolute atomic E-state index is 0. The summed E-state index contributed by atoms with van der Waals surface area (Å²) in [4.78, 5) is 11.0. The SMILES string of the molecule is CC(C)(C)[C@H](N)c1ccccc1C(=O)O.Cl. The first kappa shape index (κ1) is 14.9. The Labute approximate surface area is 102 Å². The Morgan fingerprint density at radius 3 is 2.25 bits per heavy atom. The van der Waals surface area contributed by atoms with Crippen molar-refractivity contribution < 1.29 is 9.90 Å². The lowest BCUT2D eigenvalue weighted by atomic mass is 9.81. The van der Waals surface area contributed by atoms with Crippen molar-refractivity contribution in [3.05, 3.63) is 35.4 Å². The van der Waals surface area contributed by atoms with Crippen molar-refractivity contribution in [2.75, 3.05) is 0 Å². The number of carboxylic acids is 1. The molecule has 0 saturated carbocycles. The molecule has 0 heterocycles. The van der Waals surface area contributed by atoms with Gasteiger partial charge in [0.1, 0.15) is 0 Å². The third-order valence-corrected chi connectivity index (χ3v) is 2.46. The van der Waals surface area contributed by atoms with Gasteiger partial charge in [-0.15, -0.1) is 12.4 Å². The minimum atomic E-state index is -0.926. The van der Waals surface area contributed by atoms with Crippen LogP contribution in [0.1, 0.15) is 42.7 Å². The molecule has 0 radical (unpaired) electrons. The van der Waals surface area contributed by atoms with Gasteiger partial charge in [-0.05, 0) is 17.0 Å². The summed E-state index contributed by atoms with van der Waals surface area (Å²) < 4.78 is 0. The van der Waals surface area contributed by atoms with Gasteiger partial charge in [-0.25, -0.2) is 4.79 Å². The zero-order valence-electron chi connectivity index (χ0n) is 9.73. The maximum absolute atomic E-state index is 11.0. The van der Waals surface area contributed by atoms with E-state index in [1.807, 2.05) is 26.8 Å². The molecule has 0 aliphatic heterocycles. The predicted molar refractivity (Wildman–Crippen MR) is 67.0 cm³/mol. The quantitative estimate of drug-likeness (QED) is 0.840. The largest absolute Gasteiger partial charge is 0.478 e. The van der Waals surface area contributed by atoms with Gasteiger partial charge in [0, 0.05) is 6.04 Å². The molecule has 3 N–H and O–H groups in total. The van der Waals surface area contributed by atoms with E-state index in [1.165, 1.54) is 0 Å². The topological polar surface area (TPSA) is 63.3 Å². The first-order valence-corrected chi connectivity index (χ1v) is 4.92. The fourth-order valence-electron chi connectivity index (χ4n) is 1.43. The number of hydrogen-bond donors (Lipinski definition) is 2. The van der Waals surface area contributed by atoms with E-state index >= 15 is 0 Å². The van der Waals surface area contributed by atoms with Crippen LogP contribution in [0.3, 0.4) is 0 Å². The zero-order chi connectivity index (χ0) is 11.6. The molecule has 90 valence electrons. The second kappa shape index (κ2) is 5.32. The van der Waals surface area contributed by atoms with Crippen molar-refractivity contribution in [2.24, 2.45) is 11.1 Å². The summed E-state index contributed by atoms with van der Waals surface area (Å²) in [6, 6.07) is 6.61. The molecule has 0 aliphatic rings. The summed E-state index contributed by atoms with van der Waals surface area (Å²) >= 11 is 0. The highest BCUT2D eigenvalue weighted by Gasteiger charge is 2.25. The fourth-order valence-corrected chi connectivity index (χ4v) is 1.43. The van der Waals surface area contributed by atoms with Gasteiger partial charge in [0.15, 0.2) is 0 Å². The number of benzene rings is 1. The van der Waals surface area contributed by atoms with E-state index in [0.717, 1.165) is 0 Å². The predicted octanol–water partition coefficient (Wildman–Crippen LogP) is 2.85. The van der Waals surface area contributed by atoms with Crippen molar-refractivity contribution in [2.45, 2.75) is 26.8 Å². The van der Waals surface area contributed by atoms with Crippen molar-refractivity contribution in [3.63, 3.8) is 0 Å². The molecular weight excluding hydrogens is 226 g/mol. The Morgan fingerprint density at radius 2 is 1.81 bits per heavy atom. The number of rotatable bonds is 2. The molecule has 1 atom stereocenters. The molecule has 4 heteroatoms. The molecule has 3 nitrogen and oxygen atoms in total. The average molecular weight is 244 g/mol. The summed E-state index contributed by atoms with van der Waals surface area (Å²) in [5.41, 5.74) is 6.88. The third-order valence-electron chi connectivity index (χ3n) is 2.46. The van der Waals surface area contributed by atoms with Gasteiger partial charge in [-0.3, -0.25) is 0 Å². The Kier molecular flexibility index (Phi) is 4.97. The van der Waals surface area contributed by atoms with Crippen LogP contribution < -0.4 is 5.73 Å². The van der Waals surface area contributed by atoms with Crippen LogP contribution in [0.15, 0.2) is 24.3 Å². The van der Waals surface area contributed by atoms with Crippen molar-refractivity contribution in [1.82, 2.24) is 0 Å². The molecular formula is C12H18ClNO2. The van der Waals surface area contributed by atoms with Crippen LogP contribution in [0.5, 0.6) is 0 Å². The normalized spacial score (nSPS) is 12.8. The van der Waals surface area contributed by atoms with Crippen LogP contribution in [0, 0.1) is 5.41 Å². The molecule has 0 amide bonds. The highest BCUT2D eigenvalue weighted by molar-refractivity contribution is 5.89. The standard InChI is InChI=1S/C12H17NO2.ClH/c1-12(2,3)10(13)8-6-4-5-7-9(8)11(14)15;/h4-7,10H,13H2,1-3H3,(H,14,15);1H/t10-;/m1./s1. The molecule has 0 aliphatic carbocycles. The van der Waals surface area contributed by atoms with Gasteiger partial charge >= 0.3 is 5.97 Å². The van der Waals surface area contributed by atoms with Gasteiger partial charge in [-0.2, -0.15) is 0 Å². The average Bonchev–Trinajstić information content (AvgIpc) is 2.15. The van der Waals surface area contributed by atoms with Crippen LogP contribution in [0.25, 0.3) is 0 Å². The van der Waals surface area contributed by atoms with Crippen molar-refractivity contribution in [3.8, 4) is 0 Å². The smallest absolute Gasteiger partial charge is 0.336 e. The second-order valence-electron chi connectivity index (χ2n) is 4.74. The lowest BCUT2D eigenvalue weighted by Gasteiger charge is -2.28. The molecule has 0 bridgehead atoms. The third kappa shape index (κ3) is 3.22. The molecule has 0 saturated heterocycles. The zero-order valence-corrected chi connectivity index (χ0v) is 10.5. The number of carboxylic acid groups (broad SMARTS) is 1. The number of hydrogen-bond acceptors (Lipinski definition) is 2. The Balaban J connectivity index is 0.00000225. The summed E-state index contributed by atoms with van der Waals surface area (Å²) in [5.74, 6) is -0.926. The van der Waals surface area contributed by atoms with Gasteiger partial charge in [0.2, 0.25) is 0 Å². The molecule has 0 aromatic heterocycles. The maximum Gasteiger partial charge on any atom is 0.336 e. The van der Waals surface area contributed by atoms with Gasteiger partial charge < -0.3 is 10.8 Å². The number of carbonyl (C=O) groups is 1. The van der Waals surface area contributed by atoms with Crippen LogP contribution in [-0.2, 0) is 0 Å². The van der Waals surface area contributed by atoms with E-state index in [1.54, 1.807) is 18.2 Å². The van der Waals surface area contributed by atoms with Crippen LogP contribution >= 0.6 is 12.4 Å². The summed E-state index contributed by atoms with van der Waals surface area (Å²) in [6.07, 6.45) is 0. The Morgan fingerprint density at radius 1 is 1.31 bits per heavy atom. The van der Waals surface area contributed by atoms with Crippen molar-refractivity contribution >= 4 is 18.4 Å². The molecule has 1 aromatic rings. The monoisotopic (exact) mass is 243 g/mol. The fraction of sp³-hybridized carbons (Fsp3) is 0.417. The number of aromatic carboxylic acids is 1. The van der Waals surface area contributed by atoms with Crippen LogP contribution in [0.2, 0.25) is 0 Å². The summed E-state index contributed by atoms with van der Waals surface area (Å²) in [7, 11) is 0. The van der Waals surface area contributed by atoms with Crippen LogP contribution in [0.4, 0.5) is 0 Å². The summed E-state index contributed by atoms with van der Waals surface area (Å²) in [6.45, 7) is 5.99. The molecule has 1 rings (SSSR count). The van der Waals surface area contributed by atoms with E-state index in [2.05, 4.69) is 0 Å². The lowest BCUT2D eigenvalue weighted by Crippen LogP contribution is -2.27. The highest BCUT2D eigenvalue weighted by Crippen LogP contribution is 2.32. The number of nitrogens with two attached hydrogens (primary N) is 1. The van der Waals surface area contributed by atoms with E-state index < -0.39 is 5.97 Å². The second-order valence-corrected chi connectivity index (χ2v) is 4.74. The number of halogens is 1. The first-order chi connectivity index (χ1) is 6.84. The van der Waals surface area contributed by atoms with E-state index in [-0.39, 0.29) is 23.9 Å². The van der Waals surface area contributed by atoms with Crippen molar-refractivity contribution in [1.29, 1.82) is 0 Å².